The highest BCUT2D eigenvalue weighted by Crippen LogP contribution is 2.20. The Kier molecular flexibility index (Phi) is 7.67. The SMILES string of the molecule is CONC(=CC(=O)N=C(N)Cc1cc(Cl)cc(Cl)c1)c1ccc(OC)cc1. The Bertz CT molecular complexity index is 845. The number of methoxy groups -OCH3 is 1. The van der Waals surface area contributed by atoms with Gasteiger partial charge in [0.25, 0.3) is 5.91 Å². The Balaban J connectivity index is 2.17. The lowest BCUT2D eigenvalue weighted by molar-refractivity contribution is -0.113. The summed E-state index contributed by atoms with van der Waals surface area (Å²) in [5, 5.41) is 0.977. The molecule has 6 nitrogen and oxygen atoms in total. The van der Waals surface area contributed by atoms with Gasteiger partial charge in [-0.15, -0.1) is 0 Å². The van der Waals surface area contributed by atoms with E-state index in [-0.39, 0.29) is 12.3 Å². The lowest BCUT2D eigenvalue weighted by atomic mass is 10.1. The van der Waals surface area contributed by atoms with E-state index in [0.717, 1.165) is 11.1 Å². The molecule has 0 atom stereocenters. The largest absolute Gasteiger partial charge is 0.497 e. The van der Waals surface area contributed by atoms with E-state index in [2.05, 4.69) is 10.5 Å². The van der Waals surface area contributed by atoms with E-state index in [0.29, 0.717) is 21.5 Å². The van der Waals surface area contributed by atoms with Gasteiger partial charge in [-0.3, -0.25) is 15.1 Å². The molecule has 142 valence electrons. The lowest BCUT2D eigenvalue weighted by Gasteiger charge is -2.09. The quantitative estimate of drug-likeness (QED) is 0.316. The average Bonchev–Trinajstić information content (AvgIpc) is 2.60. The molecule has 2 rings (SSSR count). The molecule has 0 spiro atoms. The number of aliphatic imine (C=N–C) groups is 1. The van der Waals surface area contributed by atoms with Gasteiger partial charge in [0.15, 0.2) is 0 Å². The summed E-state index contributed by atoms with van der Waals surface area (Å²) >= 11 is 11.9. The van der Waals surface area contributed by atoms with Crippen LogP contribution in [0, 0.1) is 0 Å². The first-order valence-electron chi connectivity index (χ1n) is 7.88. The van der Waals surface area contributed by atoms with Crippen molar-refractivity contribution in [2.45, 2.75) is 6.42 Å². The van der Waals surface area contributed by atoms with Crippen LogP contribution in [0.15, 0.2) is 53.5 Å². The Morgan fingerprint density at radius 1 is 1.15 bits per heavy atom. The molecule has 1 amide bonds. The first-order chi connectivity index (χ1) is 12.9. The number of amides is 1. The number of hydroxylamine groups is 1. The number of nitrogens with two attached hydrogens (primary N) is 1. The molecule has 0 saturated carbocycles. The summed E-state index contributed by atoms with van der Waals surface area (Å²) in [6.45, 7) is 0. The van der Waals surface area contributed by atoms with Crippen LogP contribution in [0.2, 0.25) is 10.0 Å². The third kappa shape index (κ3) is 6.60. The fourth-order valence-corrected chi connectivity index (χ4v) is 2.88. The summed E-state index contributed by atoms with van der Waals surface area (Å²) in [4.78, 5) is 21.1. The van der Waals surface area contributed by atoms with Gasteiger partial charge in [-0.2, -0.15) is 4.99 Å². The summed E-state index contributed by atoms with van der Waals surface area (Å²) in [7, 11) is 3.02. The molecule has 0 fully saturated rings. The predicted molar refractivity (Wildman–Crippen MR) is 108 cm³/mol. The molecule has 0 aliphatic carbocycles. The highest BCUT2D eigenvalue weighted by atomic mass is 35.5. The number of rotatable bonds is 7. The maximum atomic E-state index is 12.2. The highest BCUT2D eigenvalue weighted by Gasteiger charge is 2.07. The number of amidine groups is 1. The van der Waals surface area contributed by atoms with Crippen LogP contribution >= 0.6 is 23.2 Å². The van der Waals surface area contributed by atoms with Crippen LogP contribution in [0.25, 0.3) is 5.70 Å². The minimum Gasteiger partial charge on any atom is -0.497 e. The Morgan fingerprint density at radius 3 is 2.33 bits per heavy atom. The van der Waals surface area contributed by atoms with Gasteiger partial charge >= 0.3 is 0 Å². The molecule has 2 aromatic rings. The number of hydrogen-bond acceptors (Lipinski definition) is 4. The van der Waals surface area contributed by atoms with E-state index in [1.54, 1.807) is 49.6 Å². The molecular weight excluding hydrogens is 389 g/mol. The molecule has 0 aliphatic rings. The second-order valence-corrected chi connectivity index (χ2v) is 6.36. The highest BCUT2D eigenvalue weighted by molar-refractivity contribution is 6.34. The van der Waals surface area contributed by atoms with Gasteiger partial charge in [-0.05, 0) is 48.0 Å². The van der Waals surface area contributed by atoms with Crippen molar-refractivity contribution in [1.29, 1.82) is 0 Å². The van der Waals surface area contributed by atoms with Crippen molar-refractivity contribution in [3.05, 3.63) is 69.7 Å². The van der Waals surface area contributed by atoms with E-state index in [4.69, 9.17) is 38.5 Å². The van der Waals surface area contributed by atoms with E-state index in [1.807, 2.05) is 0 Å². The topological polar surface area (TPSA) is 85.9 Å². The number of nitrogens with one attached hydrogen (secondary N) is 1. The zero-order valence-electron chi connectivity index (χ0n) is 14.8. The van der Waals surface area contributed by atoms with Crippen LogP contribution in [0.5, 0.6) is 5.75 Å². The Morgan fingerprint density at radius 2 is 1.78 bits per heavy atom. The Hall–Kier alpha value is -2.54. The zero-order valence-corrected chi connectivity index (χ0v) is 16.3. The van der Waals surface area contributed by atoms with E-state index >= 15 is 0 Å². The van der Waals surface area contributed by atoms with Crippen molar-refractivity contribution in [2.75, 3.05) is 14.2 Å². The van der Waals surface area contributed by atoms with Crippen LogP contribution in [0.1, 0.15) is 11.1 Å². The molecule has 0 heterocycles. The van der Waals surface area contributed by atoms with E-state index in [1.165, 1.54) is 13.2 Å². The zero-order chi connectivity index (χ0) is 19.8. The van der Waals surface area contributed by atoms with E-state index in [9.17, 15) is 4.79 Å². The van der Waals surface area contributed by atoms with Crippen LogP contribution in [0.3, 0.4) is 0 Å². The van der Waals surface area contributed by atoms with Crippen molar-refractivity contribution in [3.63, 3.8) is 0 Å². The summed E-state index contributed by atoms with van der Waals surface area (Å²) < 4.78 is 5.12. The maximum Gasteiger partial charge on any atom is 0.273 e. The predicted octanol–water partition coefficient (Wildman–Crippen LogP) is 3.62. The third-order valence-electron chi connectivity index (χ3n) is 3.44. The molecule has 0 aromatic heterocycles. The summed E-state index contributed by atoms with van der Waals surface area (Å²) in [6.07, 6.45) is 1.54. The molecule has 0 saturated heterocycles. The fourth-order valence-electron chi connectivity index (χ4n) is 2.31. The van der Waals surface area contributed by atoms with Gasteiger partial charge in [-0.1, -0.05) is 23.2 Å². The number of halogens is 2. The molecule has 0 aliphatic heterocycles. The second-order valence-electron chi connectivity index (χ2n) is 5.49. The minimum atomic E-state index is -0.531. The van der Waals surface area contributed by atoms with Gasteiger partial charge in [0.1, 0.15) is 11.6 Å². The number of ether oxygens (including phenoxy) is 1. The smallest absolute Gasteiger partial charge is 0.273 e. The van der Waals surface area contributed by atoms with Crippen molar-refractivity contribution < 1.29 is 14.4 Å². The lowest BCUT2D eigenvalue weighted by Crippen LogP contribution is -2.17. The molecule has 0 unspecified atom stereocenters. The number of benzene rings is 2. The number of hydrogen-bond donors (Lipinski definition) is 2. The number of nitrogens with zero attached hydrogens (tertiary/aromatic N) is 1. The summed E-state index contributed by atoms with van der Waals surface area (Å²) in [6, 6.07) is 12.1. The van der Waals surface area contributed by atoms with Gasteiger partial charge < -0.3 is 10.5 Å². The van der Waals surface area contributed by atoms with Crippen molar-refractivity contribution in [1.82, 2.24) is 5.48 Å². The molecule has 0 bridgehead atoms. The number of carbonyl (C=O) groups is 1. The van der Waals surface area contributed by atoms with Crippen LogP contribution in [-0.2, 0) is 16.1 Å². The van der Waals surface area contributed by atoms with Crippen molar-refractivity contribution >= 4 is 40.6 Å². The van der Waals surface area contributed by atoms with Gasteiger partial charge in [0, 0.05) is 28.1 Å². The standard InChI is InChI=1S/C19H19Cl2N3O3/c1-26-16-5-3-13(4-6-16)17(24-27-2)11-19(25)23-18(22)9-12-7-14(20)10-15(21)8-12/h3-8,10-11,24H,9H2,1-2H3,(H2,22,23,25). The van der Waals surface area contributed by atoms with E-state index < -0.39 is 5.91 Å². The second kappa shape index (κ2) is 9.97. The van der Waals surface area contributed by atoms with Crippen LogP contribution in [0.4, 0.5) is 0 Å². The van der Waals surface area contributed by atoms with Gasteiger partial charge in [0.05, 0.1) is 19.9 Å². The fraction of sp³-hybridized carbons (Fsp3) is 0.158. The van der Waals surface area contributed by atoms with Crippen molar-refractivity contribution in [3.8, 4) is 5.75 Å². The molecule has 0 radical (unpaired) electrons. The Labute approximate surface area is 167 Å². The average molecular weight is 408 g/mol. The molecule has 3 N–H and O–H groups in total. The monoisotopic (exact) mass is 407 g/mol. The molecule has 2 aromatic carbocycles. The van der Waals surface area contributed by atoms with Crippen LogP contribution in [-0.4, -0.2) is 26.0 Å². The normalized spacial score (nSPS) is 12.0. The molecule has 8 heteroatoms. The van der Waals surface area contributed by atoms with Crippen LogP contribution < -0.4 is 16.0 Å². The first kappa shape index (κ1) is 20.8. The maximum absolute atomic E-state index is 12.2. The number of carbonyl (C=O) groups excluding carboxylic acids is 1. The minimum absolute atomic E-state index is 0.140. The first-order valence-corrected chi connectivity index (χ1v) is 8.64. The summed E-state index contributed by atoms with van der Waals surface area (Å²) in [5.41, 5.74) is 10.5. The van der Waals surface area contributed by atoms with Gasteiger partial charge in [-0.25, -0.2) is 0 Å². The summed E-state index contributed by atoms with van der Waals surface area (Å²) in [5.74, 6) is 0.307. The molecule has 27 heavy (non-hydrogen) atoms. The van der Waals surface area contributed by atoms with Gasteiger partial charge in [0.2, 0.25) is 0 Å². The third-order valence-corrected chi connectivity index (χ3v) is 3.88. The molecular formula is C19H19Cl2N3O3. The van der Waals surface area contributed by atoms with Crippen molar-refractivity contribution in [2.24, 2.45) is 10.7 Å².